The number of aromatic nitrogens is 3. The first kappa shape index (κ1) is 25.2. The normalized spacial score (nSPS) is 23.8. The number of hydrogen-bond acceptors (Lipinski definition) is 7. The number of esters is 1. The van der Waals surface area contributed by atoms with E-state index in [1.54, 1.807) is 6.07 Å². The number of pyridine rings is 1. The van der Waals surface area contributed by atoms with Crippen molar-refractivity contribution in [1.82, 2.24) is 19.4 Å². The molecule has 0 spiro atoms. The predicted molar refractivity (Wildman–Crippen MR) is 150 cm³/mol. The average Bonchev–Trinajstić information content (AvgIpc) is 3.62. The lowest BCUT2D eigenvalue weighted by Gasteiger charge is -2.32. The molecule has 3 aliphatic rings. The monoisotopic (exact) mass is 538 g/mol. The van der Waals surface area contributed by atoms with Crippen molar-refractivity contribution in [3.8, 4) is 5.88 Å². The van der Waals surface area contributed by atoms with Gasteiger partial charge in [-0.15, -0.1) is 0 Å². The number of imidazole rings is 1. The summed E-state index contributed by atoms with van der Waals surface area (Å²) in [5, 5.41) is 0. The fourth-order valence-electron chi connectivity index (χ4n) is 6.35. The molecule has 1 aliphatic carbocycles. The molecule has 2 saturated heterocycles. The zero-order valence-corrected chi connectivity index (χ0v) is 22.8. The third-order valence-corrected chi connectivity index (χ3v) is 8.84. The van der Waals surface area contributed by atoms with Crippen molar-refractivity contribution < 1.29 is 19.0 Å². The maximum absolute atomic E-state index is 12.2. The van der Waals surface area contributed by atoms with Crippen molar-refractivity contribution in [2.24, 2.45) is 5.92 Å². The van der Waals surface area contributed by atoms with E-state index in [0.717, 1.165) is 80.2 Å². The number of methoxy groups -OCH3 is 1. The highest BCUT2D eigenvalue weighted by Gasteiger charge is 2.58. The third-order valence-electron chi connectivity index (χ3n) is 8.84. The van der Waals surface area contributed by atoms with Crippen molar-refractivity contribution in [3.63, 3.8) is 0 Å². The highest BCUT2D eigenvalue weighted by Crippen LogP contribution is 2.58. The summed E-state index contributed by atoms with van der Waals surface area (Å²) in [6.45, 7) is 4.86. The maximum atomic E-state index is 12.2. The number of piperidine rings is 1. The summed E-state index contributed by atoms with van der Waals surface area (Å²) in [5.74, 6) is 1.97. The van der Waals surface area contributed by atoms with E-state index in [1.165, 1.54) is 7.11 Å². The molecule has 2 aromatic heterocycles. The summed E-state index contributed by atoms with van der Waals surface area (Å²) >= 11 is 0. The van der Waals surface area contributed by atoms with Crippen molar-refractivity contribution in [2.75, 3.05) is 26.8 Å². The Morgan fingerprint density at radius 1 is 1.10 bits per heavy atom. The quantitative estimate of drug-likeness (QED) is 0.285. The second-order valence-electron chi connectivity index (χ2n) is 11.3. The van der Waals surface area contributed by atoms with Gasteiger partial charge in [-0.3, -0.25) is 4.90 Å². The molecule has 40 heavy (non-hydrogen) atoms. The second kappa shape index (κ2) is 10.3. The lowest BCUT2D eigenvalue weighted by Crippen LogP contribution is -2.37. The van der Waals surface area contributed by atoms with Gasteiger partial charge in [-0.2, -0.15) is 0 Å². The number of benzene rings is 2. The molecule has 1 saturated carbocycles. The van der Waals surface area contributed by atoms with Gasteiger partial charge in [0.2, 0.25) is 5.88 Å². The smallest absolute Gasteiger partial charge is 0.337 e. The van der Waals surface area contributed by atoms with E-state index < -0.39 is 0 Å². The summed E-state index contributed by atoms with van der Waals surface area (Å²) in [4.78, 5) is 24.7. The van der Waals surface area contributed by atoms with Crippen LogP contribution in [0.25, 0.3) is 11.0 Å². The number of carbonyl (C=O) groups is 1. The van der Waals surface area contributed by atoms with Crippen LogP contribution in [0.1, 0.15) is 46.7 Å². The van der Waals surface area contributed by atoms with E-state index in [0.29, 0.717) is 24.0 Å². The van der Waals surface area contributed by atoms with E-state index in [1.807, 2.05) is 36.4 Å². The van der Waals surface area contributed by atoms with Gasteiger partial charge in [-0.05, 0) is 61.6 Å². The Balaban J connectivity index is 1.06. The highest BCUT2D eigenvalue weighted by atomic mass is 16.5. The Kier molecular flexibility index (Phi) is 6.52. The lowest BCUT2D eigenvalue weighted by atomic mass is 9.91. The Hall–Kier alpha value is -3.75. The zero-order valence-electron chi connectivity index (χ0n) is 22.8. The molecule has 8 heteroatoms. The van der Waals surface area contributed by atoms with Crippen molar-refractivity contribution >= 4 is 17.0 Å². The molecule has 206 valence electrons. The van der Waals surface area contributed by atoms with Gasteiger partial charge in [-0.1, -0.05) is 36.4 Å². The van der Waals surface area contributed by atoms with Crippen molar-refractivity contribution in [1.29, 1.82) is 0 Å². The topological polar surface area (TPSA) is 78.7 Å². The van der Waals surface area contributed by atoms with Crippen molar-refractivity contribution in [3.05, 3.63) is 89.4 Å². The molecular weight excluding hydrogens is 504 g/mol. The number of nitrogens with zero attached hydrogens (tertiary/aromatic N) is 4. The van der Waals surface area contributed by atoms with Crippen LogP contribution in [0, 0.1) is 5.92 Å². The minimum absolute atomic E-state index is 0.151. The van der Waals surface area contributed by atoms with Gasteiger partial charge in [0.1, 0.15) is 12.4 Å². The fourth-order valence-corrected chi connectivity index (χ4v) is 6.35. The molecular formula is C32H34N4O4. The molecule has 4 aromatic rings. The summed E-state index contributed by atoms with van der Waals surface area (Å²) < 4.78 is 19.0. The van der Waals surface area contributed by atoms with Gasteiger partial charge in [0.15, 0.2) is 0 Å². The summed E-state index contributed by atoms with van der Waals surface area (Å²) in [6.07, 6.45) is 3.47. The molecule has 3 atom stereocenters. The third kappa shape index (κ3) is 4.75. The largest absolute Gasteiger partial charge is 0.473 e. The number of ether oxygens (including phenoxy) is 3. The standard InChI is InChI=1S/C32H34N4O4/c1-38-31(37)23-10-11-26-27(16-23)36(19-25-12-15-39-25)29(33-26)20-35-14-13-32(17-24(32)18-35)28-8-5-9-30(34-28)40-21-22-6-3-2-4-7-22/h2-11,16,24-25H,12-15,17-21H2,1H3/t24?,25-,32?/m0/s1. The van der Waals surface area contributed by atoms with Crippen LogP contribution in [-0.4, -0.2) is 58.3 Å². The molecule has 3 fully saturated rings. The predicted octanol–water partition coefficient (Wildman–Crippen LogP) is 4.75. The second-order valence-corrected chi connectivity index (χ2v) is 11.3. The molecule has 2 aliphatic heterocycles. The van der Waals surface area contributed by atoms with Crippen LogP contribution in [0.4, 0.5) is 0 Å². The first-order chi connectivity index (χ1) is 19.6. The number of rotatable bonds is 9. The SMILES string of the molecule is COC(=O)c1ccc2nc(CN3CCC4(c5cccc(OCc6ccccc6)n5)CC4C3)n(C[C@@H]3CCO3)c2c1. The zero-order chi connectivity index (χ0) is 27.1. The van der Waals surface area contributed by atoms with Crippen LogP contribution in [0.15, 0.2) is 66.7 Å². The van der Waals surface area contributed by atoms with Gasteiger partial charge >= 0.3 is 5.97 Å². The number of hydrogen-bond donors (Lipinski definition) is 0. The molecule has 8 nitrogen and oxygen atoms in total. The van der Waals surface area contributed by atoms with Gasteiger partial charge in [-0.25, -0.2) is 14.8 Å². The van der Waals surface area contributed by atoms with E-state index in [9.17, 15) is 4.79 Å². The molecule has 2 unspecified atom stereocenters. The maximum Gasteiger partial charge on any atom is 0.337 e. The van der Waals surface area contributed by atoms with Gasteiger partial charge in [0.05, 0.1) is 48.6 Å². The van der Waals surface area contributed by atoms with Crippen LogP contribution in [0.3, 0.4) is 0 Å². The Bertz CT molecular complexity index is 1530. The summed E-state index contributed by atoms with van der Waals surface area (Å²) in [7, 11) is 1.41. The minimum Gasteiger partial charge on any atom is -0.473 e. The molecule has 0 amide bonds. The minimum atomic E-state index is -0.333. The van der Waals surface area contributed by atoms with Gasteiger partial charge in [0.25, 0.3) is 0 Å². The molecule has 0 bridgehead atoms. The molecule has 7 rings (SSSR count). The van der Waals surface area contributed by atoms with E-state index >= 15 is 0 Å². The number of fused-ring (bicyclic) bond motifs is 2. The van der Waals surface area contributed by atoms with Crippen LogP contribution < -0.4 is 4.74 Å². The van der Waals surface area contributed by atoms with Crippen molar-refractivity contribution in [2.45, 2.75) is 50.5 Å². The lowest BCUT2D eigenvalue weighted by molar-refractivity contribution is -0.0592. The molecule has 4 heterocycles. The Morgan fingerprint density at radius 3 is 2.75 bits per heavy atom. The van der Waals surface area contributed by atoms with E-state index in [4.69, 9.17) is 24.2 Å². The number of likely N-dealkylation sites (tertiary alicyclic amines) is 1. The molecule has 0 radical (unpaired) electrons. The van der Waals surface area contributed by atoms with Gasteiger partial charge < -0.3 is 18.8 Å². The highest BCUT2D eigenvalue weighted by molar-refractivity contribution is 5.93. The molecule has 0 N–H and O–H groups in total. The van der Waals surface area contributed by atoms with Crippen LogP contribution >= 0.6 is 0 Å². The Morgan fingerprint density at radius 2 is 1.98 bits per heavy atom. The number of carbonyl (C=O) groups excluding carboxylic acids is 1. The fraction of sp³-hybridized carbons (Fsp3) is 0.406. The summed E-state index contributed by atoms with van der Waals surface area (Å²) in [5.41, 5.74) is 4.85. The summed E-state index contributed by atoms with van der Waals surface area (Å²) in [6, 6.07) is 22.0. The van der Waals surface area contributed by atoms with E-state index in [2.05, 4.69) is 33.7 Å². The Labute approximate surface area is 233 Å². The average molecular weight is 539 g/mol. The van der Waals surface area contributed by atoms with Crippen LogP contribution in [-0.2, 0) is 34.6 Å². The van der Waals surface area contributed by atoms with Gasteiger partial charge in [0, 0.05) is 24.6 Å². The van der Waals surface area contributed by atoms with Crippen LogP contribution in [0.2, 0.25) is 0 Å². The van der Waals surface area contributed by atoms with E-state index in [-0.39, 0.29) is 17.5 Å². The molecule has 2 aromatic carbocycles. The first-order valence-electron chi connectivity index (χ1n) is 14.2. The van der Waals surface area contributed by atoms with Crippen LogP contribution in [0.5, 0.6) is 5.88 Å². The first-order valence-corrected chi connectivity index (χ1v) is 14.2.